The Morgan fingerprint density at radius 1 is 1.29 bits per heavy atom. The predicted octanol–water partition coefficient (Wildman–Crippen LogP) is 3.68. The molecule has 1 aromatic rings. The van der Waals surface area contributed by atoms with E-state index in [-0.39, 0.29) is 5.91 Å². The van der Waals surface area contributed by atoms with Crippen molar-refractivity contribution in [2.24, 2.45) is 17.8 Å². The van der Waals surface area contributed by atoms with Crippen LogP contribution in [0.3, 0.4) is 0 Å². The van der Waals surface area contributed by atoms with Gasteiger partial charge in [0.2, 0.25) is 0 Å². The molecule has 2 fully saturated rings. The van der Waals surface area contributed by atoms with E-state index in [2.05, 4.69) is 27.3 Å². The van der Waals surface area contributed by atoms with E-state index < -0.39 is 0 Å². The summed E-state index contributed by atoms with van der Waals surface area (Å²) in [7, 11) is 0. The first-order valence-electron chi connectivity index (χ1n) is 7.91. The number of carbonyl (C=O) groups excluding carboxylic acids is 1. The average Bonchev–Trinajstić information content (AvgIpc) is 3.09. The Labute approximate surface area is 133 Å². The lowest BCUT2D eigenvalue weighted by atomic mass is 9.84. The van der Waals surface area contributed by atoms with Gasteiger partial charge in [-0.3, -0.25) is 4.79 Å². The summed E-state index contributed by atoms with van der Waals surface area (Å²) >= 11 is 3.91. The Morgan fingerprint density at radius 2 is 2.19 bits per heavy atom. The highest BCUT2D eigenvalue weighted by atomic mass is 79.9. The number of amides is 1. The molecule has 4 rings (SSSR count). The zero-order chi connectivity index (χ0) is 14.4. The van der Waals surface area contributed by atoms with E-state index in [9.17, 15) is 4.79 Å². The van der Waals surface area contributed by atoms with Gasteiger partial charge in [-0.15, -0.1) is 0 Å². The molecule has 0 radical (unpaired) electrons. The standard InChI is InChI=1S/C17H20BrNO2/c18-16(13-8-10-1-2-11(13)7-10)12-3-4-15-14(9-12)17(20)19-5-6-21-15/h3-4,9-11,13,16H,1-2,5-8H2,(H,19,20). The van der Waals surface area contributed by atoms with Crippen LogP contribution in [0, 0.1) is 17.8 Å². The van der Waals surface area contributed by atoms with Crippen LogP contribution in [0.1, 0.15) is 46.4 Å². The fourth-order valence-electron chi connectivity index (χ4n) is 4.34. The van der Waals surface area contributed by atoms with Crippen LogP contribution >= 0.6 is 15.9 Å². The van der Waals surface area contributed by atoms with Gasteiger partial charge in [0, 0.05) is 4.83 Å². The van der Waals surface area contributed by atoms with Gasteiger partial charge in [-0.25, -0.2) is 0 Å². The maximum atomic E-state index is 12.1. The van der Waals surface area contributed by atoms with E-state index >= 15 is 0 Å². The summed E-state index contributed by atoms with van der Waals surface area (Å²) < 4.78 is 5.63. The number of fused-ring (bicyclic) bond motifs is 3. The summed E-state index contributed by atoms with van der Waals surface area (Å²) in [6.07, 6.45) is 5.54. The van der Waals surface area contributed by atoms with Crippen LogP contribution in [-0.4, -0.2) is 19.1 Å². The third kappa shape index (κ3) is 2.37. The predicted molar refractivity (Wildman–Crippen MR) is 84.9 cm³/mol. The minimum atomic E-state index is -0.0167. The van der Waals surface area contributed by atoms with Crippen molar-refractivity contribution in [3.8, 4) is 5.75 Å². The van der Waals surface area contributed by atoms with Gasteiger partial charge in [-0.05, 0) is 54.7 Å². The summed E-state index contributed by atoms with van der Waals surface area (Å²) in [5.41, 5.74) is 1.89. The normalized spacial score (nSPS) is 32.0. The Balaban J connectivity index is 1.62. The fourth-order valence-corrected chi connectivity index (χ4v) is 5.28. The van der Waals surface area contributed by atoms with Crippen molar-refractivity contribution in [1.29, 1.82) is 0 Å². The third-order valence-corrected chi connectivity index (χ3v) is 6.59. The molecule has 3 aliphatic rings. The molecule has 4 heteroatoms. The molecule has 3 nitrogen and oxygen atoms in total. The lowest BCUT2D eigenvalue weighted by Crippen LogP contribution is -2.24. The Bertz CT molecular complexity index is 574. The molecular formula is C17H20BrNO2. The number of carbonyl (C=O) groups is 1. The van der Waals surface area contributed by atoms with E-state index in [1.807, 2.05) is 12.1 Å². The van der Waals surface area contributed by atoms with Gasteiger partial charge in [-0.1, -0.05) is 28.4 Å². The number of hydrogen-bond donors (Lipinski definition) is 1. The van der Waals surface area contributed by atoms with Crippen molar-refractivity contribution in [2.75, 3.05) is 13.2 Å². The number of benzene rings is 1. The molecule has 4 unspecified atom stereocenters. The van der Waals surface area contributed by atoms with E-state index in [0.29, 0.717) is 29.3 Å². The smallest absolute Gasteiger partial charge is 0.255 e. The first-order valence-corrected chi connectivity index (χ1v) is 8.83. The van der Waals surface area contributed by atoms with Crippen molar-refractivity contribution in [3.05, 3.63) is 29.3 Å². The minimum Gasteiger partial charge on any atom is -0.491 e. The summed E-state index contributed by atoms with van der Waals surface area (Å²) in [5, 5.41) is 2.88. The molecular weight excluding hydrogens is 330 g/mol. The van der Waals surface area contributed by atoms with Crippen molar-refractivity contribution in [1.82, 2.24) is 5.32 Å². The van der Waals surface area contributed by atoms with Gasteiger partial charge in [0.1, 0.15) is 12.4 Å². The monoisotopic (exact) mass is 349 g/mol. The maximum Gasteiger partial charge on any atom is 0.255 e. The molecule has 1 amide bonds. The molecule has 2 bridgehead atoms. The molecule has 1 aromatic carbocycles. The largest absolute Gasteiger partial charge is 0.491 e. The first-order chi connectivity index (χ1) is 10.2. The van der Waals surface area contributed by atoms with Gasteiger partial charge in [-0.2, -0.15) is 0 Å². The molecule has 0 saturated heterocycles. The molecule has 2 saturated carbocycles. The van der Waals surface area contributed by atoms with Crippen LogP contribution in [0.5, 0.6) is 5.75 Å². The Kier molecular flexibility index (Phi) is 3.44. The second-order valence-corrected chi connectivity index (χ2v) is 7.59. The van der Waals surface area contributed by atoms with Gasteiger partial charge in [0.25, 0.3) is 5.91 Å². The van der Waals surface area contributed by atoms with E-state index in [1.165, 1.54) is 31.2 Å². The van der Waals surface area contributed by atoms with Crippen molar-refractivity contribution in [3.63, 3.8) is 0 Å². The molecule has 0 spiro atoms. The molecule has 2 aliphatic carbocycles. The zero-order valence-electron chi connectivity index (χ0n) is 12.0. The summed E-state index contributed by atoms with van der Waals surface area (Å²) in [5.74, 6) is 3.21. The van der Waals surface area contributed by atoms with E-state index in [1.54, 1.807) is 0 Å². The van der Waals surface area contributed by atoms with E-state index in [4.69, 9.17) is 4.74 Å². The summed E-state index contributed by atoms with van der Waals surface area (Å²) in [6.45, 7) is 1.12. The SMILES string of the molecule is O=C1NCCOc2ccc(C(Br)C3CC4CCC3C4)cc21. The number of rotatable bonds is 2. The van der Waals surface area contributed by atoms with Crippen LogP contribution < -0.4 is 10.1 Å². The fraction of sp³-hybridized carbons (Fsp3) is 0.588. The van der Waals surface area contributed by atoms with Gasteiger partial charge in [0.05, 0.1) is 12.1 Å². The molecule has 112 valence electrons. The summed E-state index contributed by atoms with van der Waals surface area (Å²) in [4.78, 5) is 12.5. The number of hydrogen-bond acceptors (Lipinski definition) is 2. The highest BCUT2D eigenvalue weighted by Crippen LogP contribution is 2.55. The molecule has 1 N–H and O–H groups in total. The molecule has 0 aromatic heterocycles. The van der Waals surface area contributed by atoms with Gasteiger partial charge < -0.3 is 10.1 Å². The maximum absolute atomic E-state index is 12.1. The highest BCUT2D eigenvalue weighted by molar-refractivity contribution is 9.09. The van der Waals surface area contributed by atoms with Crippen LogP contribution in [0.4, 0.5) is 0 Å². The topological polar surface area (TPSA) is 38.3 Å². The number of ether oxygens (including phenoxy) is 1. The molecule has 21 heavy (non-hydrogen) atoms. The molecule has 1 heterocycles. The van der Waals surface area contributed by atoms with Crippen LogP contribution in [-0.2, 0) is 0 Å². The van der Waals surface area contributed by atoms with Crippen LogP contribution in [0.2, 0.25) is 0 Å². The van der Waals surface area contributed by atoms with Crippen molar-refractivity contribution in [2.45, 2.75) is 30.5 Å². The second-order valence-electron chi connectivity index (χ2n) is 6.60. The van der Waals surface area contributed by atoms with Crippen molar-refractivity contribution >= 4 is 21.8 Å². The second kappa shape index (κ2) is 5.31. The quantitative estimate of drug-likeness (QED) is 0.827. The lowest BCUT2D eigenvalue weighted by molar-refractivity contribution is 0.0957. The number of halogens is 1. The van der Waals surface area contributed by atoms with Gasteiger partial charge >= 0.3 is 0 Å². The Hall–Kier alpha value is -1.03. The number of alkyl halides is 1. The summed E-state index contributed by atoms with van der Waals surface area (Å²) in [6, 6.07) is 6.08. The Morgan fingerprint density at radius 3 is 2.95 bits per heavy atom. The average molecular weight is 350 g/mol. The highest BCUT2D eigenvalue weighted by Gasteiger charge is 2.42. The molecule has 1 aliphatic heterocycles. The molecule has 4 atom stereocenters. The lowest BCUT2D eigenvalue weighted by Gasteiger charge is -2.27. The zero-order valence-corrected chi connectivity index (χ0v) is 13.6. The van der Waals surface area contributed by atoms with E-state index in [0.717, 1.165) is 17.8 Å². The first kappa shape index (κ1) is 13.6. The minimum absolute atomic E-state index is 0.0167. The third-order valence-electron chi connectivity index (χ3n) is 5.38. The van der Waals surface area contributed by atoms with Crippen LogP contribution in [0.15, 0.2) is 18.2 Å². The van der Waals surface area contributed by atoms with Crippen molar-refractivity contribution < 1.29 is 9.53 Å². The van der Waals surface area contributed by atoms with Crippen LogP contribution in [0.25, 0.3) is 0 Å². The van der Waals surface area contributed by atoms with Gasteiger partial charge in [0.15, 0.2) is 0 Å². The number of nitrogens with one attached hydrogen (secondary N) is 1.